The highest BCUT2D eigenvalue weighted by Crippen LogP contribution is 2.29. The number of likely N-dealkylation sites (tertiary alicyclic amines) is 1. The Hall–Kier alpha value is -3.85. The van der Waals surface area contributed by atoms with Gasteiger partial charge >= 0.3 is 6.09 Å². The van der Waals surface area contributed by atoms with E-state index in [-0.39, 0.29) is 12.1 Å². The van der Waals surface area contributed by atoms with Gasteiger partial charge in [-0.05, 0) is 45.2 Å². The standard InChI is InChI=1S/C24H29N5O4/c1-24(2,3)33-23(30)28-10-9-17(15-28)29-22(26-4)20(14-25)21(27-29)8-7-16-11-18(31-5)13-19(12-16)32-6/h11-13,17,26H,9-10,15H2,1-6H3/t17-/m0/s1. The Labute approximate surface area is 194 Å². The maximum Gasteiger partial charge on any atom is 0.410 e. The largest absolute Gasteiger partial charge is 0.497 e. The van der Waals surface area contributed by atoms with Gasteiger partial charge in [-0.2, -0.15) is 10.4 Å². The van der Waals surface area contributed by atoms with Crippen molar-refractivity contribution in [3.8, 4) is 29.4 Å². The van der Waals surface area contributed by atoms with E-state index >= 15 is 0 Å². The highest BCUT2D eigenvalue weighted by atomic mass is 16.6. The zero-order valence-corrected chi connectivity index (χ0v) is 19.9. The Kier molecular flexibility index (Phi) is 7.03. The fourth-order valence-electron chi connectivity index (χ4n) is 3.58. The lowest BCUT2D eigenvalue weighted by atomic mass is 10.2. The highest BCUT2D eigenvalue weighted by molar-refractivity contribution is 5.68. The van der Waals surface area contributed by atoms with Crippen LogP contribution < -0.4 is 14.8 Å². The second-order valence-corrected chi connectivity index (χ2v) is 8.60. The highest BCUT2D eigenvalue weighted by Gasteiger charge is 2.33. The Bertz CT molecular complexity index is 1110. The zero-order chi connectivity index (χ0) is 24.2. The second kappa shape index (κ2) is 9.74. The molecule has 9 heteroatoms. The first-order valence-corrected chi connectivity index (χ1v) is 10.6. The van der Waals surface area contributed by atoms with E-state index in [1.54, 1.807) is 49.0 Å². The Morgan fingerprint density at radius 2 is 1.85 bits per heavy atom. The number of carbonyl (C=O) groups is 1. The molecule has 33 heavy (non-hydrogen) atoms. The van der Waals surface area contributed by atoms with Gasteiger partial charge in [0.2, 0.25) is 0 Å². The molecule has 1 atom stereocenters. The molecule has 0 saturated carbocycles. The number of anilines is 1. The average Bonchev–Trinajstić information content (AvgIpc) is 3.40. The number of aromatic nitrogens is 2. The van der Waals surface area contributed by atoms with Crippen LogP contribution in [0.25, 0.3) is 0 Å². The molecule has 0 unspecified atom stereocenters. The van der Waals surface area contributed by atoms with Crippen molar-refractivity contribution in [1.29, 1.82) is 5.26 Å². The minimum absolute atomic E-state index is 0.0977. The quantitative estimate of drug-likeness (QED) is 0.711. The van der Waals surface area contributed by atoms with Crippen molar-refractivity contribution >= 4 is 11.9 Å². The molecule has 1 amide bonds. The summed E-state index contributed by atoms with van der Waals surface area (Å²) in [5.74, 6) is 7.86. The minimum atomic E-state index is -0.559. The number of nitriles is 1. The van der Waals surface area contributed by atoms with Crippen LogP contribution in [0.2, 0.25) is 0 Å². The van der Waals surface area contributed by atoms with Gasteiger partial charge in [-0.3, -0.25) is 0 Å². The summed E-state index contributed by atoms with van der Waals surface area (Å²) in [6.45, 7) is 6.51. The molecule has 0 aliphatic carbocycles. The first kappa shape index (κ1) is 23.8. The lowest BCUT2D eigenvalue weighted by molar-refractivity contribution is 0.0288. The zero-order valence-electron chi connectivity index (χ0n) is 19.9. The molecule has 174 valence electrons. The predicted octanol–water partition coefficient (Wildman–Crippen LogP) is 3.40. The summed E-state index contributed by atoms with van der Waals surface area (Å²) in [4.78, 5) is 14.1. The van der Waals surface area contributed by atoms with Crippen molar-refractivity contribution in [3.05, 3.63) is 35.0 Å². The SMILES string of the molecule is CNc1c(C#N)c(C#Cc2cc(OC)cc(OC)c2)nn1[C@H]1CCN(C(=O)OC(C)(C)C)C1. The number of hydrogen-bond acceptors (Lipinski definition) is 7. The molecule has 1 aromatic carbocycles. The van der Waals surface area contributed by atoms with Crippen LogP contribution in [0.15, 0.2) is 18.2 Å². The van der Waals surface area contributed by atoms with E-state index in [0.717, 1.165) is 0 Å². The molecular weight excluding hydrogens is 422 g/mol. The summed E-state index contributed by atoms with van der Waals surface area (Å²) in [7, 11) is 4.88. The maximum atomic E-state index is 12.4. The summed E-state index contributed by atoms with van der Waals surface area (Å²) < 4.78 is 17.8. The normalized spacial score (nSPS) is 15.3. The van der Waals surface area contributed by atoms with E-state index in [1.807, 2.05) is 20.8 Å². The lowest BCUT2D eigenvalue weighted by Gasteiger charge is -2.24. The number of nitrogens with one attached hydrogen (secondary N) is 1. The molecule has 0 radical (unpaired) electrons. The van der Waals surface area contributed by atoms with Gasteiger partial charge in [0, 0.05) is 31.8 Å². The number of nitrogens with zero attached hydrogens (tertiary/aromatic N) is 4. The summed E-state index contributed by atoms with van der Waals surface area (Å²) in [5.41, 5.74) is 0.832. The molecule has 1 saturated heterocycles. The number of carbonyl (C=O) groups excluding carboxylic acids is 1. The molecule has 2 aromatic rings. The summed E-state index contributed by atoms with van der Waals surface area (Å²) in [5, 5.41) is 17.5. The van der Waals surface area contributed by atoms with E-state index in [1.165, 1.54) is 0 Å². The molecule has 0 spiro atoms. The van der Waals surface area contributed by atoms with Crippen LogP contribution in [0.5, 0.6) is 11.5 Å². The first-order valence-electron chi connectivity index (χ1n) is 10.6. The molecule has 2 heterocycles. The van der Waals surface area contributed by atoms with Crippen LogP contribution in [0, 0.1) is 23.2 Å². The van der Waals surface area contributed by atoms with Gasteiger partial charge in [0.25, 0.3) is 0 Å². The third-order valence-electron chi connectivity index (χ3n) is 5.10. The van der Waals surface area contributed by atoms with Gasteiger partial charge in [-0.1, -0.05) is 5.92 Å². The molecule has 1 fully saturated rings. The van der Waals surface area contributed by atoms with Crippen LogP contribution in [-0.2, 0) is 4.74 Å². The van der Waals surface area contributed by atoms with E-state index in [9.17, 15) is 10.1 Å². The molecule has 1 aliphatic rings. The summed E-state index contributed by atoms with van der Waals surface area (Å²) >= 11 is 0. The number of amides is 1. The number of benzene rings is 1. The van der Waals surface area contributed by atoms with Crippen molar-refractivity contribution in [3.63, 3.8) is 0 Å². The van der Waals surface area contributed by atoms with Gasteiger partial charge in [0.15, 0.2) is 5.69 Å². The lowest BCUT2D eigenvalue weighted by Crippen LogP contribution is -2.35. The van der Waals surface area contributed by atoms with E-state index in [4.69, 9.17) is 14.2 Å². The Balaban J connectivity index is 1.90. The summed E-state index contributed by atoms with van der Waals surface area (Å²) in [6, 6.07) is 7.43. The Morgan fingerprint density at radius 1 is 1.18 bits per heavy atom. The van der Waals surface area contributed by atoms with Crippen molar-refractivity contribution in [1.82, 2.24) is 14.7 Å². The fourth-order valence-corrected chi connectivity index (χ4v) is 3.58. The third kappa shape index (κ3) is 5.50. The topological polar surface area (TPSA) is 102 Å². The predicted molar refractivity (Wildman–Crippen MR) is 123 cm³/mol. The molecule has 1 aromatic heterocycles. The molecule has 0 bridgehead atoms. The van der Waals surface area contributed by atoms with Crippen molar-refractivity contribution in [2.24, 2.45) is 0 Å². The fraction of sp³-hybridized carbons (Fsp3) is 0.458. The van der Waals surface area contributed by atoms with Gasteiger partial charge in [0.1, 0.15) is 34.6 Å². The second-order valence-electron chi connectivity index (χ2n) is 8.60. The number of methoxy groups -OCH3 is 2. The number of rotatable bonds is 4. The summed E-state index contributed by atoms with van der Waals surface area (Å²) in [6.07, 6.45) is 0.344. The molecule has 1 N–H and O–H groups in total. The average molecular weight is 452 g/mol. The van der Waals surface area contributed by atoms with E-state index < -0.39 is 5.60 Å². The maximum absolute atomic E-state index is 12.4. The number of ether oxygens (including phenoxy) is 3. The van der Waals surface area contributed by atoms with Crippen LogP contribution in [0.3, 0.4) is 0 Å². The monoisotopic (exact) mass is 451 g/mol. The molecule has 1 aliphatic heterocycles. The van der Waals surface area contributed by atoms with Crippen LogP contribution >= 0.6 is 0 Å². The minimum Gasteiger partial charge on any atom is -0.497 e. The van der Waals surface area contributed by atoms with Crippen molar-refractivity contribution < 1.29 is 19.0 Å². The van der Waals surface area contributed by atoms with E-state index in [2.05, 4.69) is 28.3 Å². The van der Waals surface area contributed by atoms with E-state index in [0.29, 0.717) is 53.6 Å². The smallest absolute Gasteiger partial charge is 0.410 e. The number of hydrogen-bond donors (Lipinski definition) is 1. The Morgan fingerprint density at radius 3 is 2.39 bits per heavy atom. The van der Waals surface area contributed by atoms with Crippen molar-refractivity contribution in [2.75, 3.05) is 39.7 Å². The van der Waals surface area contributed by atoms with Crippen molar-refractivity contribution in [2.45, 2.75) is 38.8 Å². The van der Waals surface area contributed by atoms with Gasteiger partial charge in [-0.25, -0.2) is 9.48 Å². The first-order chi connectivity index (χ1) is 15.7. The molecular formula is C24H29N5O4. The van der Waals surface area contributed by atoms with Gasteiger partial charge < -0.3 is 24.4 Å². The third-order valence-corrected chi connectivity index (χ3v) is 5.10. The van der Waals surface area contributed by atoms with Crippen LogP contribution in [0.1, 0.15) is 50.1 Å². The van der Waals surface area contributed by atoms with Crippen LogP contribution in [0.4, 0.5) is 10.6 Å². The van der Waals surface area contributed by atoms with Gasteiger partial charge in [0.05, 0.1) is 20.3 Å². The molecule has 3 rings (SSSR count). The van der Waals surface area contributed by atoms with Crippen LogP contribution in [-0.4, -0.2) is 60.7 Å². The molecule has 9 nitrogen and oxygen atoms in total. The van der Waals surface area contributed by atoms with Gasteiger partial charge in [-0.15, -0.1) is 0 Å².